The quantitative estimate of drug-likeness (QED) is 0.796. The molecule has 0 saturated heterocycles. The summed E-state index contributed by atoms with van der Waals surface area (Å²) in [5, 5.41) is 0. The van der Waals surface area contributed by atoms with Crippen molar-refractivity contribution in [3.8, 4) is 17.0 Å². The first-order chi connectivity index (χ1) is 9.38. The Hall–Kier alpha value is -1.83. The van der Waals surface area contributed by atoms with Gasteiger partial charge in [0.2, 0.25) is 5.88 Å². The van der Waals surface area contributed by atoms with Crippen LogP contribution in [0.25, 0.3) is 11.1 Å². The highest BCUT2D eigenvalue weighted by Crippen LogP contribution is 2.30. The van der Waals surface area contributed by atoms with Crippen LogP contribution in [0.3, 0.4) is 0 Å². The molecule has 1 heterocycles. The lowest BCUT2D eigenvalue weighted by Crippen LogP contribution is -2.10. The molecule has 0 spiro atoms. The maximum atomic E-state index is 5.79. The molecule has 0 fully saturated rings. The molecule has 2 nitrogen and oxygen atoms in total. The van der Waals surface area contributed by atoms with E-state index in [2.05, 4.69) is 56.1 Å². The number of ether oxygens (including phenoxy) is 1. The van der Waals surface area contributed by atoms with E-state index in [9.17, 15) is 0 Å². The van der Waals surface area contributed by atoms with Gasteiger partial charge in [-0.15, -0.1) is 0 Å². The molecule has 0 saturated carbocycles. The topological polar surface area (TPSA) is 22.1 Å². The molecule has 0 aliphatic carbocycles. The molecule has 0 aliphatic heterocycles. The lowest BCUT2D eigenvalue weighted by molar-refractivity contribution is 0.234. The summed E-state index contributed by atoms with van der Waals surface area (Å²) in [6.45, 7) is 10.7. The zero-order valence-corrected chi connectivity index (χ0v) is 13.0. The fourth-order valence-electron chi connectivity index (χ4n) is 2.08. The molecule has 0 amide bonds. The van der Waals surface area contributed by atoms with E-state index in [1.54, 1.807) is 6.20 Å². The van der Waals surface area contributed by atoms with E-state index < -0.39 is 0 Å². The molecule has 0 atom stereocenters. The number of hydrogen-bond acceptors (Lipinski definition) is 2. The van der Waals surface area contributed by atoms with Crippen molar-refractivity contribution in [1.82, 2.24) is 4.98 Å². The summed E-state index contributed by atoms with van der Waals surface area (Å²) in [5.41, 5.74) is 3.69. The van der Waals surface area contributed by atoms with Crippen LogP contribution in [0.15, 0.2) is 42.6 Å². The Balaban J connectivity index is 2.37. The smallest absolute Gasteiger partial charge is 0.221 e. The Labute approximate surface area is 121 Å². The molecule has 0 bridgehead atoms. The van der Waals surface area contributed by atoms with Crippen LogP contribution < -0.4 is 4.74 Å². The Morgan fingerprint density at radius 2 is 1.65 bits per heavy atom. The van der Waals surface area contributed by atoms with Gasteiger partial charge >= 0.3 is 0 Å². The van der Waals surface area contributed by atoms with Crippen LogP contribution in [0, 0.1) is 0 Å². The first kappa shape index (κ1) is 14.6. The molecule has 1 aromatic heterocycles. The minimum Gasteiger partial charge on any atom is -0.475 e. The molecule has 0 aliphatic rings. The molecule has 0 unspecified atom stereocenters. The second-order valence-corrected chi connectivity index (χ2v) is 6.35. The number of nitrogens with zero attached hydrogens (tertiary/aromatic N) is 1. The summed E-state index contributed by atoms with van der Waals surface area (Å²) in [7, 11) is 0. The summed E-state index contributed by atoms with van der Waals surface area (Å²) in [6, 6.07) is 12.6. The molecule has 0 N–H and O–H groups in total. The average molecular weight is 269 g/mol. The summed E-state index contributed by atoms with van der Waals surface area (Å²) >= 11 is 0. The number of aromatic nitrogens is 1. The number of hydrogen-bond donors (Lipinski definition) is 0. The van der Waals surface area contributed by atoms with Gasteiger partial charge in [-0.2, -0.15) is 0 Å². The van der Waals surface area contributed by atoms with Crippen LogP contribution in [0.2, 0.25) is 0 Å². The number of pyridine rings is 1. The van der Waals surface area contributed by atoms with Crippen LogP contribution in [-0.2, 0) is 5.41 Å². The van der Waals surface area contributed by atoms with E-state index in [-0.39, 0.29) is 11.5 Å². The molecular weight excluding hydrogens is 246 g/mol. The van der Waals surface area contributed by atoms with Gasteiger partial charge in [0.05, 0.1) is 6.10 Å². The van der Waals surface area contributed by atoms with E-state index in [1.807, 2.05) is 19.9 Å². The molecule has 2 aromatic rings. The highest BCUT2D eigenvalue weighted by molar-refractivity contribution is 5.68. The van der Waals surface area contributed by atoms with Crippen molar-refractivity contribution < 1.29 is 4.74 Å². The third-order valence-electron chi connectivity index (χ3n) is 3.18. The van der Waals surface area contributed by atoms with Crippen molar-refractivity contribution in [1.29, 1.82) is 0 Å². The van der Waals surface area contributed by atoms with Gasteiger partial charge in [0, 0.05) is 11.8 Å². The molecule has 0 radical (unpaired) electrons. The van der Waals surface area contributed by atoms with Crippen LogP contribution in [-0.4, -0.2) is 11.1 Å². The van der Waals surface area contributed by atoms with Crippen LogP contribution in [0.4, 0.5) is 0 Å². The summed E-state index contributed by atoms with van der Waals surface area (Å²) in [5.74, 6) is 0.700. The highest BCUT2D eigenvalue weighted by Gasteiger charge is 2.14. The monoisotopic (exact) mass is 269 g/mol. The normalized spacial score (nSPS) is 11.7. The molecule has 1 aromatic carbocycles. The van der Waals surface area contributed by atoms with Crippen LogP contribution in [0.1, 0.15) is 40.2 Å². The molecule has 2 rings (SSSR count). The standard InChI is InChI=1S/C18H23NO/c1-13(2)20-17-16(7-6-12-19-17)14-8-10-15(11-9-14)18(3,4)5/h6-13H,1-5H3. The van der Waals surface area contributed by atoms with Crippen molar-refractivity contribution >= 4 is 0 Å². The van der Waals surface area contributed by atoms with Gasteiger partial charge in [0.25, 0.3) is 0 Å². The Morgan fingerprint density at radius 1 is 1.00 bits per heavy atom. The van der Waals surface area contributed by atoms with Gasteiger partial charge in [-0.3, -0.25) is 0 Å². The van der Waals surface area contributed by atoms with E-state index in [0.29, 0.717) is 5.88 Å². The Morgan fingerprint density at radius 3 is 2.20 bits per heavy atom. The third-order valence-corrected chi connectivity index (χ3v) is 3.18. The van der Waals surface area contributed by atoms with Gasteiger partial charge < -0.3 is 4.74 Å². The second kappa shape index (κ2) is 5.66. The molecule has 20 heavy (non-hydrogen) atoms. The number of benzene rings is 1. The van der Waals surface area contributed by atoms with Crippen LogP contribution in [0.5, 0.6) is 5.88 Å². The van der Waals surface area contributed by atoms with Crippen molar-refractivity contribution in [2.45, 2.75) is 46.1 Å². The lowest BCUT2D eigenvalue weighted by atomic mass is 9.86. The summed E-state index contributed by atoms with van der Waals surface area (Å²) in [6.07, 6.45) is 1.89. The van der Waals surface area contributed by atoms with Gasteiger partial charge in [-0.25, -0.2) is 4.98 Å². The summed E-state index contributed by atoms with van der Waals surface area (Å²) < 4.78 is 5.79. The van der Waals surface area contributed by atoms with E-state index in [0.717, 1.165) is 11.1 Å². The first-order valence-electron chi connectivity index (χ1n) is 7.10. The highest BCUT2D eigenvalue weighted by atomic mass is 16.5. The largest absolute Gasteiger partial charge is 0.475 e. The SMILES string of the molecule is CC(C)Oc1ncccc1-c1ccc(C(C)(C)C)cc1. The zero-order valence-electron chi connectivity index (χ0n) is 13.0. The van der Waals surface area contributed by atoms with Crippen LogP contribution >= 0.6 is 0 Å². The van der Waals surface area contributed by atoms with E-state index >= 15 is 0 Å². The summed E-state index contributed by atoms with van der Waals surface area (Å²) in [4.78, 5) is 4.34. The predicted octanol–water partition coefficient (Wildman–Crippen LogP) is 4.83. The maximum Gasteiger partial charge on any atom is 0.221 e. The van der Waals surface area contributed by atoms with Gasteiger partial charge in [0.1, 0.15) is 0 Å². The fourth-order valence-corrected chi connectivity index (χ4v) is 2.08. The zero-order chi connectivity index (χ0) is 14.8. The number of rotatable bonds is 3. The Kier molecular flexibility index (Phi) is 4.12. The minimum atomic E-state index is 0.123. The van der Waals surface area contributed by atoms with E-state index in [1.165, 1.54) is 5.56 Å². The van der Waals surface area contributed by atoms with Gasteiger partial charge in [-0.1, -0.05) is 45.0 Å². The van der Waals surface area contributed by atoms with Crippen molar-refractivity contribution in [3.63, 3.8) is 0 Å². The first-order valence-corrected chi connectivity index (χ1v) is 7.10. The molecular formula is C18H23NO. The van der Waals surface area contributed by atoms with Crippen molar-refractivity contribution in [2.24, 2.45) is 0 Å². The van der Waals surface area contributed by atoms with Gasteiger partial charge in [0.15, 0.2) is 0 Å². The van der Waals surface area contributed by atoms with Crippen molar-refractivity contribution in [3.05, 3.63) is 48.2 Å². The maximum absolute atomic E-state index is 5.79. The van der Waals surface area contributed by atoms with Gasteiger partial charge in [-0.05, 0) is 42.5 Å². The van der Waals surface area contributed by atoms with Crippen molar-refractivity contribution in [2.75, 3.05) is 0 Å². The lowest BCUT2D eigenvalue weighted by Gasteiger charge is -2.19. The minimum absolute atomic E-state index is 0.123. The third kappa shape index (κ3) is 3.38. The Bertz CT molecular complexity index is 565. The molecule has 106 valence electrons. The molecule has 2 heteroatoms. The van der Waals surface area contributed by atoms with E-state index in [4.69, 9.17) is 4.74 Å². The predicted molar refractivity (Wildman–Crippen MR) is 84.1 cm³/mol. The average Bonchev–Trinajstić information content (AvgIpc) is 2.38. The fraction of sp³-hybridized carbons (Fsp3) is 0.389. The second-order valence-electron chi connectivity index (χ2n) is 6.35.